The van der Waals surface area contributed by atoms with Crippen molar-refractivity contribution in [3.63, 3.8) is 0 Å². The van der Waals surface area contributed by atoms with Gasteiger partial charge in [0.2, 0.25) is 0 Å². The molecule has 0 N–H and O–H groups in total. The Hall–Kier alpha value is -2.26. The fraction of sp³-hybridized carbons (Fsp3) is 0.500. The van der Waals surface area contributed by atoms with E-state index in [0.717, 1.165) is 11.1 Å². The molecule has 2 fully saturated rings. The van der Waals surface area contributed by atoms with Gasteiger partial charge >= 0.3 is 0 Å². The molecule has 2 aromatic carbocycles. The largest absolute Gasteiger partial charge is 0.377 e. The van der Waals surface area contributed by atoms with Crippen LogP contribution in [0.4, 0.5) is 17.6 Å². The first-order valence-electron chi connectivity index (χ1n) is 12.2. The molecule has 4 atom stereocenters. The summed E-state index contributed by atoms with van der Waals surface area (Å²) in [5.41, 5.74) is 1.89. The standard InChI is InChI=1S/C28H32F4O4/c29-27(30)23(25(27)19-35-15-21-9-3-1-4-10-21)17-33-13-7-8-14-34-18-24-26(28(24,31)32)20-36-16-22-11-5-2-6-12-22/h1-12,23-26H,13-20H2/b8-7-/t23-,24-,25-,26-/m1/s1. The minimum atomic E-state index is -2.78. The lowest BCUT2D eigenvalue weighted by Gasteiger charge is -2.03. The van der Waals surface area contributed by atoms with Crippen molar-refractivity contribution in [2.45, 2.75) is 25.1 Å². The Labute approximate surface area is 209 Å². The maximum Gasteiger partial charge on any atom is 0.259 e. The van der Waals surface area contributed by atoms with Crippen molar-refractivity contribution in [3.8, 4) is 0 Å². The molecule has 196 valence electrons. The number of halogens is 4. The molecule has 0 amide bonds. The van der Waals surface area contributed by atoms with E-state index in [1.807, 2.05) is 60.7 Å². The zero-order valence-corrected chi connectivity index (χ0v) is 20.0. The van der Waals surface area contributed by atoms with E-state index >= 15 is 0 Å². The van der Waals surface area contributed by atoms with E-state index in [0.29, 0.717) is 13.2 Å². The van der Waals surface area contributed by atoms with Crippen LogP contribution >= 0.6 is 0 Å². The highest BCUT2D eigenvalue weighted by Gasteiger charge is 2.68. The van der Waals surface area contributed by atoms with Crippen LogP contribution in [0.25, 0.3) is 0 Å². The van der Waals surface area contributed by atoms with Gasteiger partial charge in [0.25, 0.3) is 11.8 Å². The van der Waals surface area contributed by atoms with E-state index in [1.54, 1.807) is 12.2 Å². The van der Waals surface area contributed by atoms with Crippen molar-refractivity contribution in [1.82, 2.24) is 0 Å². The van der Waals surface area contributed by atoms with Crippen molar-refractivity contribution in [2.75, 3.05) is 39.6 Å². The van der Waals surface area contributed by atoms with Crippen molar-refractivity contribution < 1.29 is 36.5 Å². The third-order valence-electron chi connectivity index (χ3n) is 6.74. The van der Waals surface area contributed by atoms with Gasteiger partial charge in [0.05, 0.1) is 76.5 Å². The number of ether oxygens (including phenoxy) is 4. The number of hydrogen-bond acceptors (Lipinski definition) is 4. The molecule has 0 saturated heterocycles. The first kappa shape index (κ1) is 26.8. The quantitative estimate of drug-likeness (QED) is 0.164. The van der Waals surface area contributed by atoms with E-state index in [1.165, 1.54) is 0 Å². The lowest BCUT2D eigenvalue weighted by Crippen LogP contribution is -2.04. The average molecular weight is 509 g/mol. The molecule has 36 heavy (non-hydrogen) atoms. The van der Waals surface area contributed by atoms with Crippen LogP contribution in [-0.4, -0.2) is 51.5 Å². The summed E-state index contributed by atoms with van der Waals surface area (Å²) in [5.74, 6) is -8.93. The van der Waals surface area contributed by atoms with Gasteiger partial charge in [-0.05, 0) is 11.1 Å². The van der Waals surface area contributed by atoms with Gasteiger partial charge in [0, 0.05) is 0 Å². The van der Waals surface area contributed by atoms with Crippen molar-refractivity contribution >= 4 is 0 Å². The van der Waals surface area contributed by atoms with Gasteiger partial charge in [-0.1, -0.05) is 72.8 Å². The summed E-state index contributed by atoms with van der Waals surface area (Å²) in [5, 5.41) is 0. The van der Waals surface area contributed by atoms with Gasteiger partial charge in [-0.25, -0.2) is 17.6 Å². The molecule has 0 aliphatic heterocycles. The Morgan fingerprint density at radius 3 is 1.22 bits per heavy atom. The predicted molar refractivity (Wildman–Crippen MR) is 127 cm³/mol. The fourth-order valence-corrected chi connectivity index (χ4v) is 4.25. The van der Waals surface area contributed by atoms with E-state index in [-0.39, 0.29) is 39.6 Å². The highest BCUT2D eigenvalue weighted by atomic mass is 19.3. The summed E-state index contributed by atoms with van der Waals surface area (Å²) in [7, 11) is 0. The lowest BCUT2D eigenvalue weighted by atomic mass is 10.2. The van der Waals surface area contributed by atoms with Crippen molar-refractivity contribution in [1.29, 1.82) is 0 Å². The van der Waals surface area contributed by atoms with Gasteiger partial charge in [-0.3, -0.25) is 0 Å². The smallest absolute Gasteiger partial charge is 0.259 e. The zero-order chi connectivity index (χ0) is 25.4. The summed E-state index contributed by atoms with van der Waals surface area (Å²) < 4.78 is 77.3. The van der Waals surface area contributed by atoms with Crippen LogP contribution in [0.3, 0.4) is 0 Å². The molecule has 0 spiro atoms. The highest BCUT2D eigenvalue weighted by molar-refractivity contribution is 5.14. The summed E-state index contributed by atoms with van der Waals surface area (Å²) in [6.07, 6.45) is 3.29. The van der Waals surface area contributed by atoms with Crippen molar-refractivity contribution in [2.24, 2.45) is 23.7 Å². The summed E-state index contributed by atoms with van der Waals surface area (Å²) in [4.78, 5) is 0. The molecule has 2 aliphatic carbocycles. The Balaban J connectivity index is 1.02. The molecular weight excluding hydrogens is 476 g/mol. The summed E-state index contributed by atoms with van der Waals surface area (Å²) in [6.45, 7) is 0.780. The van der Waals surface area contributed by atoms with Gasteiger partial charge in [0.15, 0.2) is 0 Å². The van der Waals surface area contributed by atoms with E-state index in [2.05, 4.69) is 0 Å². The van der Waals surface area contributed by atoms with Crippen molar-refractivity contribution in [3.05, 3.63) is 83.9 Å². The second-order valence-corrected chi connectivity index (χ2v) is 9.32. The maximum atomic E-state index is 13.9. The predicted octanol–water partition coefficient (Wildman–Crippen LogP) is 5.77. The third-order valence-corrected chi connectivity index (χ3v) is 6.74. The molecular formula is C28H32F4O4. The SMILES string of the molecule is FC1(F)[C@H](COC/C=C\COC[C@@H]2[C@@H](COCc3ccccc3)C2(F)F)[C@H]1COCc1ccccc1. The second kappa shape index (κ2) is 12.3. The topological polar surface area (TPSA) is 36.9 Å². The number of alkyl halides is 4. The van der Waals surface area contributed by atoms with Crippen LogP contribution in [-0.2, 0) is 32.2 Å². The lowest BCUT2D eigenvalue weighted by molar-refractivity contribution is 0.0384. The number of hydrogen-bond donors (Lipinski definition) is 0. The molecule has 0 aromatic heterocycles. The average Bonchev–Trinajstić information content (AvgIpc) is 3.62. The molecule has 2 aromatic rings. The number of rotatable bonds is 16. The summed E-state index contributed by atoms with van der Waals surface area (Å²) in [6, 6.07) is 18.8. The van der Waals surface area contributed by atoms with E-state index < -0.39 is 35.5 Å². The van der Waals surface area contributed by atoms with Gasteiger partial charge in [-0.15, -0.1) is 0 Å². The normalized spacial score (nSPS) is 25.8. The minimum absolute atomic E-state index is 0.0102. The summed E-state index contributed by atoms with van der Waals surface area (Å²) >= 11 is 0. The second-order valence-electron chi connectivity index (χ2n) is 9.32. The molecule has 0 radical (unpaired) electrons. The first-order valence-corrected chi connectivity index (χ1v) is 12.2. The maximum absolute atomic E-state index is 13.9. The molecule has 4 rings (SSSR count). The van der Waals surface area contributed by atoms with Crippen LogP contribution in [0.2, 0.25) is 0 Å². The van der Waals surface area contributed by atoms with Crippen LogP contribution in [0, 0.1) is 23.7 Å². The van der Waals surface area contributed by atoms with Gasteiger partial charge < -0.3 is 18.9 Å². The molecule has 8 heteroatoms. The Kier molecular flexibility index (Phi) is 9.17. The Bertz CT molecular complexity index is 877. The fourth-order valence-electron chi connectivity index (χ4n) is 4.25. The zero-order valence-electron chi connectivity index (χ0n) is 20.0. The highest BCUT2D eigenvalue weighted by Crippen LogP contribution is 2.56. The molecule has 0 heterocycles. The van der Waals surface area contributed by atoms with Crippen LogP contribution < -0.4 is 0 Å². The Morgan fingerprint density at radius 2 is 0.861 bits per heavy atom. The van der Waals surface area contributed by atoms with E-state index in [4.69, 9.17) is 18.9 Å². The van der Waals surface area contributed by atoms with Crippen LogP contribution in [0.15, 0.2) is 72.8 Å². The molecule has 0 bridgehead atoms. The minimum Gasteiger partial charge on any atom is -0.377 e. The first-order chi connectivity index (χ1) is 17.4. The molecule has 0 unspecified atom stereocenters. The van der Waals surface area contributed by atoms with Gasteiger partial charge in [0.1, 0.15) is 0 Å². The van der Waals surface area contributed by atoms with E-state index in [9.17, 15) is 17.6 Å². The molecule has 4 nitrogen and oxygen atoms in total. The third kappa shape index (κ3) is 7.16. The molecule has 2 aliphatic rings. The molecule has 2 saturated carbocycles. The Morgan fingerprint density at radius 1 is 0.528 bits per heavy atom. The van der Waals surface area contributed by atoms with Crippen LogP contribution in [0.1, 0.15) is 11.1 Å². The number of benzene rings is 2. The van der Waals surface area contributed by atoms with Crippen LogP contribution in [0.5, 0.6) is 0 Å². The monoisotopic (exact) mass is 508 g/mol. The van der Waals surface area contributed by atoms with Gasteiger partial charge in [-0.2, -0.15) is 0 Å².